The van der Waals surface area contributed by atoms with Gasteiger partial charge < -0.3 is 19.3 Å². The third-order valence-corrected chi connectivity index (χ3v) is 7.42. The molecule has 5 rings (SSSR count). The van der Waals surface area contributed by atoms with Crippen molar-refractivity contribution >= 4 is 11.8 Å². The van der Waals surface area contributed by atoms with Crippen LogP contribution in [0.4, 0.5) is 0 Å². The summed E-state index contributed by atoms with van der Waals surface area (Å²) in [6.07, 6.45) is 5.12. The van der Waals surface area contributed by atoms with Crippen LogP contribution in [0.15, 0.2) is 42.5 Å². The van der Waals surface area contributed by atoms with Crippen LogP contribution >= 0.6 is 0 Å². The van der Waals surface area contributed by atoms with E-state index in [1.165, 1.54) is 11.1 Å². The lowest BCUT2D eigenvalue weighted by Crippen LogP contribution is -2.43. The minimum Gasteiger partial charge on any atom is -0.484 e. The Labute approximate surface area is 201 Å². The van der Waals surface area contributed by atoms with Crippen LogP contribution in [0.2, 0.25) is 0 Å². The average molecular weight is 463 g/mol. The third kappa shape index (κ3) is 4.83. The lowest BCUT2D eigenvalue weighted by molar-refractivity contribution is -0.138. The number of hydrogen-bond acceptors (Lipinski definition) is 4. The average Bonchev–Trinajstić information content (AvgIpc) is 3.41. The highest BCUT2D eigenvalue weighted by atomic mass is 16.5. The van der Waals surface area contributed by atoms with Crippen molar-refractivity contribution in [3.05, 3.63) is 64.7 Å². The monoisotopic (exact) mass is 462 g/mol. The van der Waals surface area contributed by atoms with E-state index in [0.29, 0.717) is 32.1 Å². The molecule has 1 unspecified atom stereocenters. The summed E-state index contributed by atoms with van der Waals surface area (Å²) in [6.45, 7) is 5.21. The zero-order valence-corrected chi connectivity index (χ0v) is 20.0. The molecule has 6 nitrogen and oxygen atoms in total. The molecule has 0 radical (unpaired) electrons. The van der Waals surface area contributed by atoms with Gasteiger partial charge in [-0.05, 0) is 55.0 Å². The first-order valence-corrected chi connectivity index (χ1v) is 12.6. The molecule has 2 heterocycles. The molecule has 34 heavy (non-hydrogen) atoms. The van der Waals surface area contributed by atoms with Crippen molar-refractivity contribution in [3.63, 3.8) is 0 Å². The Hall–Kier alpha value is -2.86. The van der Waals surface area contributed by atoms with Crippen molar-refractivity contribution in [2.45, 2.75) is 45.1 Å². The Morgan fingerprint density at radius 2 is 1.82 bits per heavy atom. The standard InChI is InChI=1S/C28H34N2O4/c1-20-5-4-8-23(17-20)27-25-18-24(34-19-26(31)29-13-15-33-16-14-29)10-9-21(25)11-12-30(27)28(32)22-6-2-3-7-22/h4-5,8-10,17-18,22,27H,2-3,6-7,11-16,19H2,1H3. The largest absolute Gasteiger partial charge is 0.484 e. The molecule has 2 aromatic carbocycles. The van der Waals surface area contributed by atoms with Gasteiger partial charge in [-0.15, -0.1) is 0 Å². The molecule has 180 valence electrons. The van der Waals surface area contributed by atoms with Crippen LogP contribution in [0, 0.1) is 12.8 Å². The summed E-state index contributed by atoms with van der Waals surface area (Å²) in [7, 11) is 0. The third-order valence-electron chi connectivity index (χ3n) is 7.42. The summed E-state index contributed by atoms with van der Waals surface area (Å²) < 4.78 is 11.3. The Morgan fingerprint density at radius 1 is 1.03 bits per heavy atom. The van der Waals surface area contributed by atoms with Crippen molar-refractivity contribution in [3.8, 4) is 5.75 Å². The van der Waals surface area contributed by atoms with Crippen LogP contribution in [-0.2, 0) is 20.7 Å². The smallest absolute Gasteiger partial charge is 0.260 e. The van der Waals surface area contributed by atoms with Gasteiger partial charge in [-0.3, -0.25) is 9.59 Å². The van der Waals surface area contributed by atoms with Crippen LogP contribution in [0.5, 0.6) is 5.75 Å². The van der Waals surface area contributed by atoms with Crippen molar-refractivity contribution in [2.75, 3.05) is 39.5 Å². The van der Waals surface area contributed by atoms with E-state index in [1.807, 2.05) is 12.1 Å². The Bertz CT molecular complexity index is 1040. The number of benzene rings is 2. The predicted molar refractivity (Wildman–Crippen MR) is 130 cm³/mol. The maximum absolute atomic E-state index is 13.6. The predicted octanol–water partition coefficient (Wildman–Crippen LogP) is 3.90. The van der Waals surface area contributed by atoms with E-state index >= 15 is 0 Å². The molecule has 3 aliphatic rings. The van der Waals surface area contributed by atoms with Gasteiger partial charge in [0.2, 0.25) is 5.91 Å². The number of aryl methyl sites for hydroxylation is 1. The highest BCUT2D eigenvalue weighted by Crippen LogP contribution is 2.39. The fourth-order valence-electron chi connectivity index (χ4n) is 5.58. The molecular formula is C28H34N2O4. The molecule has 2 fully saturated rings. The summed E-state index contributed by atoms with van der Waals surface area (Å²) in [6, 6.07) is 14.4. The lowest BCUT2D eigenvalue weighted by atomic mass is 9.86. The van der Waals surface area contributed by atoms with Crippen LogP contribution in [0.3, 0.4) is 0 Å². The Kier molecular flexibility index (Phi) is 6.86. The molecule has 0 N–H and O–H groups in total. The molecule has 2 aliphatic heterocycles. The Morgan fingerprint density at radius 3 is 2.59 bits per heavy atom. The molecule has 1 atom stereocenters. The van der Waals surface area contributed by atoms with E-state index in [0.717, 1.165) is 49.8 Å². The molecule has 0 spiro atoms. The number of rotatable bonds is 5. The molecule has 6 heteroatoms. The highest BCUT2D eigenvalue weighted by Gasteiger charge is 2.36. The van der Waals surface area contributed by atoms with Crippen LogP contribution in [0.25, 0.3) is 0 Å². The number of amides is 2. The molecular weight excluding hydrogens is 428 g/mol. The second kappa shape index (κ2) is 10.2. The van der Waals surface area contributed by atoms with Crippen LogP contribution in [-0.4, -0.2) is 61.1 Å². The van der Waals surface area contributed by atoms with Gasteiger partial charge in [0.05, 0.1) is 19.3 Å². The number of fused-ring (bicyclic) bond motifs is 1. The summed E-state index contributed by atoms with van der Waals surface area (Å²) in [5.74, 6) is 1.07. The first-order chi connectivity index (χ1) is 16.6. The minimum absolute atomic E-state index is 0.0125. The van der Waals surface area contributed by atoms with Gasteiger partial charge in [0.25, 0.3) is 5.91 Å². The highest BCUT2D eigenvalue weighted by molar-refractivity contribution is 5.81. The van der Waals surface area contributed by atoms with E-state index in [9.17, 15) is 9.59 Å². The van der Waals surface area contributed by atoms with Gasteiger partial charge in [-0.25, -0.2) is 0 Å². The molecule has 2 aromatic rings. The van der Waals surface area contributed by atoms with E-state index < -0.39 is 0 Å². The topological polar surface area (TPSA) is 59.1 Å². The minimum atomic E-state index is -0.129. The molecule has 0 aromatic heterocycles. The fraction of sp³-hybridized carbons (Fsp3) is 0.500. The van der Waals surface area contributed by atoms with Crippen LogP contribution < -0.4 is 4.74 Å². The number of ether oxygens (including phenoxy) is 2. The molecule has 2 amide bonds. The number of nitrogens with zero attached hydrogens (tertiary/aromatic N) is 2. The molecule has 0 bridgehead atoms. The zero-order valence-electron chi connectivity index (χ0n) is 20.0. The number of carbonyl (C=O) groups excluding carboxylic acids is 2. The van der Waals surface area contributed by atoms with Gasteiger partial charge in [-0.2, -0.15) is 0 Å². The van der Waals surface area contributed by atoms with Gasteiger partial charge >= 0.3 is 0 Å². The second-order valence-electron chi connectivity index (χ2n) is 9.72. The maximum Gasteiger partial charge on any atom is 0.260 e. The summed E-state index contributed by atoms with van der Waals surface area (Å²) in [5.41, 5.74) is 4.67. The normalized spacial score (nSPS) is 20.8. The summed E-state index contributed by atoms with van der Waals surface area (Å²) in [5, 5.41) is 0. The van der Waals surface area contributed by atoms with E-state index in [2.05, 4.69) is 42.2 Å². The zero-order chi connectivity index (χ0) is 23.5. The van der Waals surface area contributed by atoms with Gasteiger partial charge in [0, 0.05) is 25.6 Å². The lowest BCUT2D eigenvalue weighted by Gasteiger charge is -2.39. The van der Waals surface area contributed by atoms with E-state index in [4.69, 9.17) is 9.47 Å². The van der Waals surface area contributed by atoms with E-state index in [-0.39, 0.29) is 30.4 Å². The van der Waals surface area contributed by atoms with Gasteiger partial charge in [-0.1, -0.05) is 48.7 Å². The van der Waals surface area contributed by atoms with Gasteiger partial charge in [0.15, 0.2) is 6.61 Å². The molecule has 1 saturated carbocycles. The summed E-state index contributed by atoms with van der Waals surface area (Å²) >= 11 is 0. The summed E-state index contributed by atoms with van der Waals surface area (Å²) in [4.78, 5) is 30.0. The fourth-order valence-corrected chi connectivity index (χ4v) is 5.58. The maximum atomic E-state index is 13.6. The quantitative estimate of drug-likeness (QED) is 0.676. The van der Waals surface area contributed by atoms with Crippen molar-refractivity contribution < 1.29 is 19.1 Å². The second-order valence-corrected chi connectivity index (χ2v) is 9.72. The van der Waals surface area contributed by atoms with Crippen LogP contribution in [0.1, 0.15) is 54.0 Å². The number of morpholine rings is 1. The van der Waals surface area contributed by atoms with Crippen molar-refractivity contribution in [2.24, 2.45) is 5.92 Å². The molecule has 1 aliphatic carbocycles. The van der Waals surface area contributed by atoms with Crippen molar-refractivity contribution in [1.82, 2.24) is 9.80 Å². The Balaban J connectivity index is 1.41. The molecule has 1 saturated heterocycles. The number of carbonyl (C=O) groups is 2. The van der Waals surface area contributed by atoms with Gasteiger partial charge in [0.1, 0.15) is 5.75 Å². The first kappa shape index (κ1) is 22.9. The van der Waals surface area contributed by atoms with E-state index in [1.54, 1.807) is 4.90 Å². The first-order valence-electron chi connectivity index (χ1n) is 12.6. The van der Waals surface area contributed by atoms with Crippen molar-refractivity contribution in [1.29, 1.82) is 0 Å². The SMILES string of the molecule is Cc1cccc(C2c3cc(OCC(=O)N4CCOCC4)ccc3CCN2C(=O)C2CCCC2)c1. The number of hydrogen-bond donors (Lipinski definition) is 0.